The molecule has 0 fully saturated rings. The number of hydrogen-bond donors (Lipinski definition) is 0. The Labute approximate surface area is 141 Å². The van der Waals surface area contributed by atoms with E-state index in [1.54, 1.807) is 0 Å². The summed E-state index contributed by atoms with van der Waals surface area (Å²) < 4.78 is 0. The number of hydrogen-bond acceptors (Lipinski definition) is 0. The largest absolute Gasteiger partial charge is 0 e. The van der Waals surface area contributed by atoms with Crippen molar-refractivity contribution in [2.24, 2.45) is 0 Å². The van der Waals surface area contributed by atoms with E-state index in [0.717, 1.165) is 0 Å². The molecule has 30 valence electrons. The fourth-order valence-electron chi connectivity index (χ4n) is 0. The van der Waals surface area contributed by atoms with Gasteiger partial charge >= 0.3 is 126 Å². The fraction of sp³-hybridized carbons (Fsp3) is 0. The van der Waals surface area contributed by atoms with Gasteiger partial charge in [0.2, 0.25) is 0 Å². The van der Waals surface area contributed by atoms with Gasteiger partial charge in [-0.15, -0.1) is 0 Å². The Hall–Kier alpha value is 5.09. The number of rotatable bonds is 0. The SMILES string of the molecule is [CaH2].[Fe][Se][Mo].[SrH2].[Zn]. The average Bonchev–Trinajstić information content (AvgIpc) is 0.918. The van der Waals surface area contributed by atoms with Gasteiger partial charge in [0.25, 0.3) is 0 Å². The summed E-state index contributed by atoms with van der Waals surface area (Å²) >= 11 is 5.57. The van der Waals surface area contributed by atoms with Gasteiger partial charge in [0, 0.05) is 19.5 Å². The van der Waals surface area contributed by atoms with E-state index in [9.17, 15) is 0 Å². The molecule has 0 aliphatic rings. The fourth-order valence-corrected chi connectivity index (χ4v) is 0. The summed E-state index contributed by atoms with van der Waals surface area (Å²) in [6.07, 6.45) is 0. The van der Waals surface area contributed by atoms with E-state index in [1.165, 1.54) is 0 Å². The average molecular weight is 428 g/mol. The van der Waals surface area contributed by atoms with Gasteiger partial charge in [-0.2, -0.15) is 0 Å². The molecule has 0 nitrogen and oxygen atoms in total. The van der Waals surface area contributed by atoms with Gasteiger partial charge in [-0.3, -0.25) is 0 Å². The molecule has 0 aromatic heterocycles. The molecule has 0 rings (SSSR count). The predicted molar refractivity (Wildman–Crippen MR) is 22.8 cm³/mol. The van der Waals surface area contributed by atoms with Crippen LogP contribution in [-0.4, -0.2) is 93.7 Å². The van der Waals surface area contributed by atoms with Crippen molar-refractivity contribution < 1.29 is 51.4 Å². The Balaban J connectivity index is -0.00000000667. The molecule has 0 saturated heterocycles. The molecular formula is H4CaFeMoSeSrZn. The zero-order valence-corrected chi connectivity index (χ0v) is 9.67. The van der Waals surface area contributed by atoms with Crippen LogP contribution in [0.15, 0.2) is 0 Å². The van der Waals surface area contributed by atoms with Crippen molar-refractivity contribution in [2.75, 3.05) is 0 Å². The van der Waals surface area contributed by atoms with Crippen LogP contribution < -0.4 is 0 Å². The Bertz CT molecular complexity index is 15.5. The van der Waals surface area contributed by atoms with Crippen molar-refractivity contribution in [3.63, 3.8) is 0 Å². The van der Waals surface area contributed by atoms with E-state index in [0.29, 0.717) is 10.5 Å². The third-order valence-corrected chi connectivity index (χ3v) is 0. The molecular weight excluding hydrogens is 424 g/mol. The molecule has 6 heteroatoms. The Morgan fingerprint density at radius 2 is 1.50 bits per heavy atom. The van der Waals surface area contributed by atoms with Crippen LogP contribution >= 0.6 is 0 Å². The molecule has 0 amide bonds. The molecule has 0 bridgehead atoms. The smallest absolute Gasteiger partial charge is 0 e. The molecule has 0 unspecified atom stereocenters. The first-order valence-corrected chi connectivity index (χ1v) is 8.22. The molecule has 0 spiro atoms. The van der Waals surface area contributed by atoms with E-state index < -0.39 is 0 Å². The van der Waals surface area contributed by atoms with Crippen LogP contribution in [-0.2, 0) is 51.4 Å². The second-order valence-corrected chi connectivity index (χ2v) is 7.47. The summed E-state index contributed by atoms with van der Waals surface area (Å²) in [6.45, 7) is 0. The van der Waals surface area contributed by atoms with E-state index in [1.807, 2.05) is 17.7 Å². The zero-order valence-electron chi connectivity index (χ0n) is 1.88. The maximum Gasteiger partial charge on any atom is 0 e. The Kier molecular flexibility index (Phi) is 84.1. The van der Waals surface area contributed by atoms with Crippen LogP contribution in [0.3, 0.4) is 0 Å². The van der Waals surface area contributed by atoms with E-state index in [2.05, 4.69) is 14.2 Å². The summed E-state index contributed by atoms with van der Waals surface area (Å²) in [7, 11) is 0.635. The van der Waals surface area contributed by atoms with Crippen molar-refractivity contribution in [3.8, 4) is 0 Å². The summed E-state index contributed by atoms with van der Waals surface area (Å²) in [5, 5.41) is 0. The maximum absolute atomic E-state index is 3.55. The van der Waals surface area contributed by atoms with Crippen LogP contribution in [0.2, 0.25) is 0 Å². The van der Waals surface area contributed by atoms with Gasteiger partial charge in [-0.05, 0) is 0 Å². The van der Waals surface area contributed by atoms with Crippen molar-refractivity contribution in [1.29, 1.82) is 0 Å². The van der Waals surface area contributed by atoms with Gasteiger partial charge in [-0.25, -0.2) is 0 Å². The minimum atomic E-state index is 0. The zero-order chi connectivity index (χ0) is 2.71. The first-order chi connectivity index (χ1) is 1.41. The molecule has 0 N–H and O–H groups in total. The van der Waals surface area contributed by atoms with Crippen LogP contribution in [0.5, 0.6) is 0 Å². The molecule has 6 heavy (non-hydrogen) atoms. The van der Waals surface area contributed by atoms with Crippen molar-refractivity contribution in [1.82, 2.24) is 0 Å². The van der Waals surface area contributed by atoms with E-state index in [-0.39, 0.29) is 103 Å². The Morgan fingerprint density at radius 3 is 1.50 bits per heavy atom. The minimum absolute atomic E-state index is 0. The van der Waals surface area contributed by atoms with E-state index >= 15 is 0 Å². The van der Waals surface area contributed by atoms with Crippen molar-refractivity contribution in [2.45, 2.75) is 0 Å². The second kappa shape index (κ2) is 22.5. The maximum atomic E-state index is 3.55. The van der Waals surface area contributed by atoms with Crippen molar-refractivity contribution in [3.05, 3.63) is 0 Å². The molecule has 0 heterocycles. The quantitative estimate of drug-likeness (QED) is 0.384. The molecule has 0 aliphatic carbocycles. The minimum Gasteiger partial charge on any atom is 0 e. The summed E-state index contributed by atoms with van der Waals surface area (Å²) in [5.41, 5.74) is 0. The standard InChI is InChI=1S/Ca.Fe.Mo.Se.Sr.Zn.4H. The normalized spacial score (nSPS) is 2.83. The first-order valence-electron chi connectivity index (χ1n) is 0.311. The molecule has 0 saturated carbocycles. The Morgan fingerprint density at radius 1 is 1.50 bits per heavy atom. The van der Waals surface area contributed by atoms with Crippen LogP contribution in [0.1, 0.15) is 0 Å². The van der Waals surface area contributed by atoms with Gasteiger partial charge in [0.05, 0.1) is 0 Å². The second-order valence-electron chi connectivity index (χ2n) is 0.0589. The third kappa shape index (κ3) is 23.0. The van der Waals surface area contributed by atoms with Crippen molar-refractivity contribution >= 4 is 93.7 Å². The van der Waals surface area contributed by atoms with Gasteiger partial charge < -0.3 is 0 Å². The van der Waals surface area contributed by atoms with Gasteiger partial charge in [-0.1, -0.05) is 0 Å². The third-order valence-electron chi connectivity index (χ3n) is 0. The van der Waals surface area contributed by atoms with Crippen LogP contribution in [0.4, 0.5) is 0 Å². The van der Waals surface area contributed by atoms with E-state index in [4.69, 9.17) is 0 Å². The predicted octanol–water partition coefficient (Wildman–Crippen LogP) is -2.22. The molecule has 0 aromatic rings. The summed E-state index contributed by atoms with van der Waals surface area (Å²) in [5.74, 6) is 0. The molecule has 0 atom stereocenters. The van der Waals surface area contributed by atoms with Gasteiger partial charge in [0.15, 0.2) is 0 Å². The molecule has 0 aliphatic heterocycles. The summed E-state index contributed by atoms with van der Waals surface area (Å²) in [6, 6.07) is 0. The van der Waals surface area contributed by atoms with Gasteiger partial charge in [0.1, 0.15) is 0 Å². The monoisotopic (exact) mass is 430 g/mol. The van der Waals surface area contributed by atoms with Crippen LogP contribution in [0.25, 0.3) is 0 Å². The summed E-state index contributed by atoms with van der Waals surface area (Å²) in [4.78, 5) is 0. The van der Waals surface area contributed by atoms with Crippen LogP contribution in [0, 0.1) is 0 Å². The first kappa shape index (κ1) is 22.5. The topological polar surface area (TPSA) is 0 Å². The molecule has 0 radical (unpaired) electrons. The molecule has 0 aromatic carbocycles.